The van der Waals surface area contributed by atoms with Crippen molar-refractivity contribution >= 4 is 17.5 Å². The van der Waals surface area contributed by atoms with Crippen molar-refractivity contribution in [3.63, 3.8) is 0 Å². The summed E-state index contributed by atoms with van der Waals surface area (Å²) >= 11 is 0. The summed E-state index contributed by atoms with van der Waals surface area (Å²) < 4.78 is 7.05. The molecule has 1 aromatic carbocycles. The van der Waals surface area contributed by atoms with E-state index >= 15 is 0 Å². The molecule has 1 atom stereocenters. The lowest BCUT2D eigenvalue weighted by atomic mass is 9.93. The van der Waals surface area contributed by atoms with Gasteiger partial charge in [0.25, 0.3) is 5.91 Å². The van der Waals surface area contributed by atoms with Crippen LogP contribution in [0.3, 0.4) is 0 Å². The molecule has 1 saturated heterocycles. The van der Waals surface area contributed by atoms with E-state index in [1.54, 1.807) is 40.2 Å². The molecule has 1 aliphatic rings. The van der Waals surface area contributed by atoms with Crippen LogP contribution in [0.25, 0.3) is 11.3 Å². The largest absolute Gasteiger partial charge is 0.378 e. The number of nitriles is 2. The summed E-state index contributed by atoms with van der Waals surface area (Å²) in [6.07, 6.45) is 6.30. The zero-order valence-electron chi connectivity index (χ0n) is 19.5. The second-order valence-electron chi connectivity index (χ2n) is 8.54. The average molecular weight is 471 g/mol. The monoisotopic (exact) mass is 470 g/mol. The smallest absolute Gasteiger partial charge is 0.254 e. The molecule has 4 rings (SSSR count). The number of carbonyl (C=O) groups is 1. The van der Waals surface area contributed by atoms with E-state index in [9.17, 15) is 10.1 Å². The van der Waals surface area contributed by atoms with Crippen LogP contribution in [0, 0.1) is 22.7 Å². The van der Waals surface area contributed by atoms with Gasteiger partial charge in [0.2, 0.25) is 5.95 Å². The molecule has 1 unspecified atom stereocenters. The van der Waals surface area contributed by atoms with E-state index in [4.69, 9.17) is 10.00 Å². The number of anilines is 2. The minimum absolute atomic E-state index is 0.00622. The number of morpholine rings is 1. The van der Waals surface area contributed by atoms with Gasteiger partial charge < -0.3 is 15.0 Å². The van der Waals surface area contributed by atoms with Crippen LogP contribution in [0.2, 0.25) is 0 Å². The Morgan fingerprint density at radius 2 is 1.94 bits per heavy atom. The minimum atomic E-state index is -0.572. The van der Waals surface area contributed by atoms with Crippen LogP contribution >= 0.6 is 0 Å². The summed E-state index contributed by atoms with van der Waals surface area (Å²) in [6.45, 7) is 4.25. The predicted molar refractivity (Wildman–Crippen MR) is 128 cm³/mol. The van der Waals surface area contributed by atoms with Crippen LogP contribution in [0.4, 0.5) is 11.6 Å². The highest BCUT2D eigenvalue weighted by Crippen LogP contribution is 2.28. The minimum Gasteiger partial charge on any atom is -0.378 e. The lowest BCUT2D eigenvalue weighted by Crippen LogP contribution is -2.40. The van der Waals surface area contributed by atoms with Gasteiger partial charge in [-0.25, -0.2) is 9.97 Å². The first-order chi connectivity index (χ1) is 17.0. The fourth-order valence-corrected chi connectivity index (χ4v) is 3.88. The van der Waals surface area contributed by atoms with E-state index in [0.29, 0.717) is 56.4 Å². The Morgan fingerprint density at radius 1 is 1.17 bits per heavy atom. The van der Waals surface area contributed by atoms with E-state index in [1.807, 2.05) is 25.3 Å². The number of rotatable bonds is 8. The number of hydrogen-bond donors (Lipinski definition) is 1. The van der Waals surface area contributed by atoms with Crippen molar-refractivity contribution in [3.8, 4) is 23.4 Å². The average Bonchev–Trinajstić information content (AvgIpc) is 3.40. The zero-order valence-corrected chi connectivity index (χ0v) is 19.5. The van der Waals surface area contributed by atoms with Gasteiger partial charge in [0.05, 0.1) is 49.2 Å². The van der Waals surface area contributed by atoms with Gasteiger partial charge in [0, 0.05) is 48.7 Å². The Kier molecular flexibility index (Phi) is 7.34. The summed E-state index contributed by atoms with van der Waals surface area (Å²) in [6, 6.07) is 13.3. The van der Waals surface area contributed by atoms with Gasteiger partial charge in [-0.15, -0.1) is 0 Å². The number of amides is 1. The molecule has 10 nitrogen and oxygen atoms in total. The van der Waals surface area contributed by atoms with Gasteiger partial charge in [-0.1, -0.05) is 0 Å². The third-order valence-corrected chi connectivity index (χ3v) is 6.01. The summed E-state index contributed by atoms with van der Waals surface area (Å²) in [7, 11) is 0. The van der Waals surface area contributed by atoms with E-state index in [2.05, 4.69) is 32.5 Å². The molecular weight excluding hydrogens is 444 g/mol. The fraction of sp³-hybridized carbons (Fsp3) is 0.360. The second-order valence-corrected chi connectivity index (χ2v) is 8.54. The molecule has 1 amide bonds. The van der Waals surface area contributed by atoms with Crippen molar-refractivity contribution in [3.05, 3.63) is 54.5 Å². The van der Waals surface area contributed by atoms with E-state index in [1.165, 1.54) is 0 Å². The molecule has 0 radical (unpaired) electrons. The molecule has 0 bridgehead atoms. The lowest BCUT2D eigenvalue weighted by molar-refractivity contribution is 0.0303. The SMILES string of the molecule is CC(CC#N)(CCC#N)n1cc(-c2ccnc(Nc3ccc(C(=O)N4CCOCC4)cc3)n2)cn1. The molecule has 10 heteroatoms. The Hall–Kier alpha value is -4.28. The third kappa shape index (κ3) is 5.62. The second kappa shape index (κ2) is 10.8. The van der Waals surface area contributed by atoms with Gasteiger partial charge >= 0.3 is 0 Å². The number of carbonyl (C=O) groups excluding carboxylic acids is 1. The first kappa shape index (κ1) is 23.9. The first-order valence-electron chi connectivity index (χ1n) is 11.4. The highest BCUT2D eigenvalue weighted by Gasteiger charge is 2.27. The first-order valence-corrected chi connectivity index (χ1v) is 11.4. The summed E-state index contributed by atoms with van der Waals surface area (Å²) in [5.74, 6) is 0.403. The van der Waals surface area contributed by atoms with Crippen molar-refractivity contribution < 1.29 is 9.53 Å². The molecule has 1 N–H and O–H groups in total. The molecule has 3 aromatic rings. The molecule has 0 aliphatic carbocycles. The van der Waals surface area contributed by atoms with Crippen molar-refractivity contribution in [1.82, 2.24) is 24.6 Å². The molecular formula is C25H26N8O2. The molecule has 0 spiro atoms. The maximum Gasteiger partial charge on any atom is 0.254 e. The van der Waals surface area contributed by atoms with E-state index in [-0.39, 0.29) is 12.3 Å². The van der Waals surface area contributed by atoms with Crippen LogP contribution in [0.15, 0.2) is 48.9 Å². The summed E-state index contributed by atoms with van der Waals surface area (Å²) in [4.78, 5) is 23.3. The maximum absolute atomic E-state index is 12.6. The predicted octanol–water partition coefficient (Wildman–Crippen LogP) is 3.49. The number of hydrogen-bond acceptors (Lipinski definition) is 8. The van der Waals surface area contributed by atoms with Crippen LogP contribution in [0.1, 0.15) is 36.5 Å². The molecule has 3 heterocycles. The Labute approximate surface area is 203 Å². The highest BCUT2D eigenvalue weighted by molar-refractivity contribution is 5.94. The maximum atomic E-state index is 12.6. The molecule has 1 fully saturated rings. The van der Waals surface area contributed by atoms with Gasteiger partial charge in [-0.2, -0.15) is 15.6 Å². The Morgan fingerprint density at radius 3 is 2.66 bits per heavy atom. The van der Waals surface area contributed by atoms with Crippen LogP contribution in [0.5, 0.6) is 0 Å². The normalized spacial score (nSPS) is 15.0. The Bertz CT molecular complexity index is 1250. The molecule has 2 aromatic heterocycles. The van der Waals surface area contributed by atoms with Crippen molar-refractivity contribution in [2.75, 3.05) is 31.6 Å². The number of benzene rings is 1. The number of aromatic nitrogens is 4. The quantitative estimate of drug-likeness (QED) is 0.529. The number of ether oxygens (including phenoxy) is 1. The van der Waals surface area contributed by atoms with Crippen LogP contribution < -0.4 is 5.32 Å². The highest BCUT2D eigenvalue weighted by atomic mass is 16.5. The molecule has 0 saturated carbocycles. The van der Waals surface area contributed by atoms with E-state index in [0.717, 1.165) is 11.3 Å². The summed E-state index contributed by atoms with van der Waals surface area (Å²) in [5.41, 5.74) is 2.26. The topological polar surface area (TPSA) is 133 Å². The Balaban J connectivity index is 1.47. The van der Waals surface area contributed by atoms with Gasteiger partial charge in [0.15, 0.2) is 0 Å². The molecule has 1 aliphatic heterocycles. The molecule has 178 valence electrons. The molecule has 35 heavy (non-hydrogen) atoms. The number of nitrogens with one attached hydrogen (secondary N) is 1. The van der Waals surface area contributed by atoms with Crippen molar-refractivity contribution in [2.24, 2.45) is 0 Å². The van der Waals surface area contributed by atoms with Gasteiger partial charge in [-0.3, -0.25) is 9.48 Å². The van der Waals surface area contributed by atoms with Crippen LogP contribution in [-0.2, 0) is 10.3 Å². The zero-order chi connectivity index (χ0) is 24.7. The standard InChI is InChI=1S/C25H26N8O2/c1-25(9-11-27,8-2-10-26)33-18-20(17-29-33)22-7-12-28-24(31-22)30-21-5-3-19(4-6-21)23(34)32-13-15-35-16-14-32/h3-7,12,17-18H,2,8-9,13-16H2,1H3,(H,28,30,31). The van der Waals surface area contributed by atoms with Crippen LogP contribution in [-0.4, -0.2) is 56.9 Å². The fourth-order valence-electron chi connectivity index (χ4n) is 3.88. The third-order valence-electron chi connectivity index (χ3n) is 6.01. The van der Waals surface area contributed by atoms with Crippen molar-refractivity contribution in [2.45, 2.75) is 31.7 Å². The summed E-state index contributed by atoms with van der Waals surface area (Å²) in [5, 5.41) is 25.8. The van der Waals surface area contributed by atoms with Crippen molar-refractivity contribution in [1.29, 1.82) is 10.5 Å². The van der Waals surface area contributed by atoms with Gasteiger partial charge in [0.1, 0.15) is 0 Å². The van der Waals surface area contributed by atoms with E-state index < -0.39 is 5.54 Å². The van der Waals surface area contributed by atoms with Gasteiger partial charge in [-0.05, 0) is 43.7 Å². The number of nitrogens with zero attached hydrogens (tertiary/aromatic N) is 7. The lowest BCUT2D eigenvalue weighted by Gasteiger charge is -2.26.